The summed E-state index contributed by atoms with van der Waals surface area (Å²) in [5.41, 5.74) is 1.17. The molecule has 1 aromatic rings. The van der Waals surface area contributed by atoms with Crippen molar-refractivity contribution in [1.82, 2.24) is 4.90 Å². The Bertz CT molecular complexity index is 290. The predicted molar refractivity (Wildman–Crippen MR) is 59.6 cm³/mol. The molecule has 3 heteroatoms. The molecule has 0 aliphatic heterocycles. The van der Waals surface area contributed by atoms with Gasteiger partial charge >= 0.3 is 0 Å². The van der Waals surface area contributed by atoms with E-state index in [0.717, 1.165) is 5.02 Å². The SMILES string of the molecule is CC(c1cccc(Cl)c1)N(C)CCO. The van der Waals surface area contributed by atoms with E-state index in [1.165, 1.54) is 5.56 Å². The van der Waals surface area contributed by atoms with Crippen molar-refractivity contribution in [3.63, 3.8) is 0 Å². The minimum Gasteiger partial charge on any atom is -0.395 e. The van der Waals surface area contributed by atoms with Gasteiger partial charge in [0.2, 0.25) is 0 Å². The number of benzene rings is 1. The first-order valence-corrected chi connectivity index (χ1v) is 5.09. The summed E-state index contributed by atoms with van der Waals surface area (Å²) < 4.78 is 0. The van der Waals surface area contributed by atoms with Gasteiger partial charge in [-0.25, -0.2) is 0 Å². The van der Waals surface area contributed by atoms with Gasteiger partial charge in [-0.05, 0) is 31.7 Å². The van der Waals surface area contributed by atoms with E-state index in [9.17, 15) is 0 Å². The van der Waals surface area contributed by atoms with Crippen molar-refractivity contribution in [1.29, 1.82) is 0 Å². The van der Waals surface area contributed by atoms with E-state index in [2.05, 4.69) is 11.8 Å². The lowest BCUT2D eigenvalue weighted by Gasteiger charge is -2.24. The lowest BCUT2D eigenvalue weighted by Crippen LogP contribution is -2.25. The van der Waals surface area contributed by atoms with E-state index in [1.54, 1.807) is 0 Å². The topological polar surface area (TPSA) is 23.5 Å². The van der Waals surface area contributed by atoms with Gasteiger partial charge in [0, 0.05) is 17.6 Å². The number of likely N-dealkylation sites (N-methyl/N-ethyl adjacent to an activating group) is 1. The molecule has 1 atom stereocenters. The predicted octanol–water partition coefficient (Wildman–Crippen LogP) is 2.33. The molecular weight excluding hydrogens is 198 g/mol. The van der Waals surface area contributed by atoms with Crippen LogP contribution >= 0.6 is 11.6 Å². The fourth-order valence-corrected chi connectivity index (χ4v) is 1.57. The van der Waals surface area contributed by atoms with Crippen molar-refractivity contribution >= 4 is 11.6 Å². The Morgan fingerprint density at radius 1 is 1.50 bits per heavy atom. The van der Waals surface area contributed by atoms with Crippen molar-refractivity contribution in [2.75, 3.05) is 20.2 Å². The Kier molecular flexibility index (Phi) is 4.39. The third-order valence-corrected chi connectivity index (χ3v) is 2.68. The number of rotatable bonds is 4. The van der Waals surface area contributed by atoms with Crippen molar-refractivity contribution in [2.45, 2.75) is 13.0 Å². The Hall–Kier alpha value is -0.570. The molecule has 0 saturated carbocycles. The third-order valence-electron chi connectivity index (χ3n) is 2.44. The quantitative estimate of drug-likeness (QED) is 0.830. The smallest absolute Gasteiger partial charge is 0.0558 e. The van der Waals surface area contributed by atoms with Gasteiger partial charge in [-0.2, -0.15) is 0 Å². The molecule has 14 heavy (non-hydrogen) atoms. The number of aliphatic hydroxyl groups is 1. The van der Waals surface area contributed by atoms with Crippen LogP contribution in [-0.2, 0) is 0 Å². The third kappa shape index (κ3) is 2.98. The fraction of sp³-hybridized carbons (Fsp3) is 0.455. The number of aliphatic hydroxyl groups excluding tert-OH is 1. The maximum atomic E-state index is 8.82. The van der Waals surface area contributed by atoms with Crippen molar-refractivity contribution in [2.24, 2.45) is 0 Å². The van der Waals surface area contributed by atoms with Gasteiger partial charge in [0.05, 0.1) is 6.61 Å². The summed E-state index contributed by atoms with van der Waals surface area (Å²) in [7, 11) is 1.99. The van der Waals surface area contributed by atoms with Crippen LogP contribution in [0, 0.1) is 0 Å². The second-order valence-electron chi connectivity index (χ2n) is 3.44. The van der Waals surface area contributed by atoms with Gasteiger partial charge in [-0.1, -0.05) is 23.7 Å². The average molecular weight is 214 g/mol. The highest BCUT2D eigenvalue weighted by atomic mass is 35.5. The molecule has 0 spiro atoms. The minimum absolute atomic E-state index is 0.182. The first-order valence-electron chi connectivity index (χ1n) is 4.71. The number of nitrogens with zero attached hydrogens (tertiary/aromatic N) is 1. The molecule has 1 unspecified atom stereocenters. The summed E-state index contributed by atoms with van der Waals surface area (Å²) in [6.45, 7) is 2.95. The Morgan fingerprint density at radius 2 is 2.21 bits per heavy atom. The van der Waals surface area contributed by atoms with Crippen LogP contribution in [0.25, 0.3) is 0 Å². The van der Waals surface area contributed by atoms with Crippen molar-refractivity contribution in [3.05, 3.63) is 34.9 Å². The molecule has 1 aromatic carbocycles. The van der Waals surface area contributed by atoms with Gasteiger partial charge < -0.3 is 5.11 Å². The molecule has 0 heterocycles. The van der Waals surface area contributed by atoms with Crippen LogP contribution in [0.2, 0.25) is 5.02 Å². The second kappa shape index (κ2) is 5.35. The second-order valence-corrected chi connectivity index (χ2v) is 3.87. The summed E-state index contributed by atoms with van der Waals surface area (Å²) in [5.74, 6) is 0. The van der Waals surface area contributed by atoms with Crippen LogP contribution in [0.5, 0.6) is 0 Å². The Balaban J connectivity index is 2.73. The lowest BCUT2D eigenvalue weighted by atomic mass is 10.1. The fourth-order valence-electron chi connectivity index (χ4n) is 1.37. The monoisotopic (exact) mass is 213 g/mol. The van der Waals surface area contributed by atoms with Gasteiger partial charge in [-0.3, -0.25) is 4.90 Å². The largest absolute Gasteiger partial charge is 0.395 e. The first-order chi connectivity index (χ1) is 6.65. The zero-order chi connectivity index (χ0) is 10.6. The summed E-state index contributed by atoms with van der Waals surface area (Å²) in [6, 6.07) is 8.09. The van der Waals surface area contributed by atoms with Gasteiger partial charge in [-0.15, -0.1) is 0 Å². The summed E-state index contributed by atoms with van der Waals surface area (Å²) >= 11 is 5.90. The summed E-state index contributed by atoms with van der Waals surface area (Å²) in [5, 5.41) is 9.58. The van der Waals surface area contributed by atoms with Crippen molar-refractivity contribution in [3.8, 4) is 0 Å². The molecule has 1 rings (SSSR count). The Labute approximate surface area is 90.1 Å². The highest BCUT2D eigenvalue weighted by Gasteiger charge is 2.10. The highest BCUT2D eigenvalue weighted by Crippen LogP contribution is 2.21. The molecule has 0 saturated heterocycles. The van der Waals surface area contributed by atoms with E-state index in [0.29, 0.717) is 6.54 Å². The molecule has 1 N–H and O–H groups in total. The normalized spacial score (nSPS) is 13.2. The van der Waals surface area contributed by atoms with Crippen LogP contribution in [0.1, 0.15) is 18.5 Å². The van der Waals surface area contributed by atoms with Gasteiger partial charge in [0.1, 0.15) is 0 Å². The highest BCUT2D eigenvalue weighted by molar-refractivity contribution is 6.30. The van der Waals surface area contributed by atoms with E-state index >= 15 is 0 Å². The van der Waals surface area contributed by atoms with E-state index in [-0.39, 0.29) is 12.6 Å². The minimum atomic E-state index is 0.182. The van der Waals surface area contributed by atoms with E-state index in [4.69, 9.17) is 16.7 Å². The van der Waals surface area contributed by atoms with Gasteiger partial charge in [0.25, 0.3) is 0 Å². The maximum Gasteiger partial charge on any atom is 0.0558 e. The molecule has 78 valence electrons. The zero-order valence-electron chi connectivity index (χ0n) is 8.57. The average Bonchev–Trinajstić information content (AvgIpc) is 2.17. The van der Waals surface area contributed by atoms with Crippen LogP contribution in [0.4, 0.5) is 0 Å². The molecule has 0 radical (unpaired) electrons. The molecular formula is C11H16ClNO. The molecule has 0 fully saturated rings. The number of hydrogen-bond acceptors (Lipinski definition) is 2. The lowest BCUT2D eigenvalue weighted by molar-refractivity contribution is 0.189. The van der Waals surface area contributed by atoms with Gasteiger partial charge in [0.15, 0.2) is 0 Å². The van der Waals surface area contributed by atoms with E-state index in [1.807, 2.05) is 31.3 Å². The molecule has 0 aromatic heterocycles. The first kappa shape index (κ1) is 11.5. The van der Waals surface area contributed by atoms with Crippen LogP contribution in [-0.4, -0.2) is 30.2 Å². The molecule has 0 aliphatic carbocycles. The van der Waals surface area contributed by atoms with Crippen LogP contribution in [0.15, 0.2) is 24.3 Å². The van der Waals surface area contributed by atoms with Crippen LogP contribution in [0.3, 0.4) is 0 Å². The Morgan fingerprint density at radius 3 is 2.79 bits per heavy atom. The molecule has 0 aliphatic rings. The maximum absolute atomic E-state index is 8.82. The standard InChI is InChI=1S/C11H16ClNO/c1-9(13(2)6-7-14)10-4-3-5-11(12)8-10/h3-5,8-9,14H,6-7H2,1-2H3. The van der Waals surface area contributed by atoms with E-state index < -0.39 is 0 Å². The summed E-state index contributed by atoms with van der Waals surface area (Å²) in [6.07, 6.45) is 0. The number of halogens is 1. The molecule has 0 amide bonds. The molecule has 2 nitrogen and oxygen atoms in total. The van der Waals surface area contributed by atoms with Crippen molar-refractivity contribution < 1.29 is 5.11 Å². The van der Waals surface area contributed by atoms with Crippen LogP contribution < -0.4 is 0 Å². The molecule has 0 bridgehead atoms. The number of hydrogen-bond donors (Lipinski definition) is 1. The summed E-state index contributed by atoms with van der Waals surface area (Å²) in [4.78, 5) is 2.09. The zero-order valence-corrected chi connectivity index (χ0v) is 9.33.